The molecule has 0 unspecified atom stereocenters. The molecule has 12 heavy (non-hydrogen) atoms. The van der Waals surface area contributed by atoms with E-state index in [0.717, 1.165) is 0 Å². The summed E-state index contributed by atoms with van der Waals surface area (Å²) < 4.78 is 0. The number of hydrogen-bond donors (Lipinski definition) is 3. The molecule has 0 fully saturated rings. The topological polar surface area (TPSA) is 84.1 Å². The van der Waals surface area contributed by atoms with Crippen LogP contribution in [0.25, 0.3) is 0 Å². The van der Waals surface area contributed by atoms with Crippen LogP contribution in [0.2, 0.25) is 0 Å². The minimum atomic E-state index is 0.113. The van der Waals surface area contributed by atoms with Gasteiger partial charge in [0.1, 0.15) is 11.6 Å². The molecule has 1 aromatic heterocycles. The van der Waals surface area contributed by atoms with Crippen molar-refractivity contribution in [2.75, 3.05) is 18.9 Å². The number of aromatic nitrogens is 2. The predicted molar refractivity (Wildman–Crippen MR) is 45.2 cm³/mol. The maximum absolute atomic E-state index is 8.47. The summed E-state index contributed by atoms with van der Waals surface area (Å²) in [6.45, 7) is 1.19. The Balaban J connectivity index is 2.41. The lowest BCUT2D eigenvalue weighted by molar-refractivity contribution is 0.291. The van der Waals surface area contributed by atoms with Gasteiger partial charge in [-0.25, -0.2) is 9.97 Å². The maximum Gasteiger partial charge on any atom is 0.144 e. The van der Waals surface area contributed by atoms with E-state index in [9.17, 15) is 0 Å². The van der Waals surface area contributed by atoms with Crippen LogP contribution in [0.5, 0.6) is 0 Å². The van der Waals surface area contributed by atoms with Crippen molar-refractivity contribution >= 4 is 5.82 Å². The molecular weight excluding hydrogens is 156 g/mol. The third kappa shape index (κ3) is 2.81. The fourth-order valence-corrected chi connectivity index (χ4v) is 0.779. The van der Waals surface area contributed by atoms with E-state index >= 15 is 0 Å². The van der Waals surface area contributed by atoms with Crippen LogP contribution in [0.4, 0.5) is 5.82 Å². The third-order valence-corrected chi connectivity index (χ3v) is 1.30. The monoisotopic (exact) mass is 168 g/mol. The summed E-state index contributed by atoms with van der Waals surface area (Å²) in [6, 6.07) is 1.63. The van der Waals surface area contributed by atoms with Crippen LogP contribution in [0.1, 0.15) is 5.82 Å². The van der Waals surface area contributed by atoms with Gasteiger partial charge in [0.25, 0.3) is 0 Å². The summed E-state index contributed by atoms with van der Waals surface area (Å²) in [5.41, 5.74) is 5.43. The number of hydrogen-bond acceptors (Lipinski definition) is 5. The molecule has 4 N–H and O–H groups in total. The SMILES string of the molecule is Nc1ccnc(CNCCO)n1. The summed E-state index contributed by atoms with van der Waals surface area (Å²) in [5.74, 6) is 1.11. The lowest BCUT2D eigenvalue weighted by Gasteiger charge is -2.00. The first-order valence-electron chi connectivity index (χ1n) is 3.72. The predicted octanol–water partition coefficient (Wildman–Crippen LogP) is -0.859. The molecule has 1 aromatic rings. The number of aliphatic hydroxyl groups excluding tert-OH is 1. The van der Waals surface area contributed by atoms with Gasteiger partial charge < -0.3 is 16.2 Å². The summed E-state index contributed by atoms with van der Waals surface area (Å²) >= 11 is 0. The zero-order valence-corrected chi connectivity index (χ0v) is 6.70. The van der Waals surface area contributed by atoms with Crippen molar-refractivity contribution < 1.29 is 5.11 Å². The van der Waals surface area contributed by atoms with E-state index in [4.69, 9.17) is 10.8 Å². The summed E-state index contributed by atoms with van der Waals surface area (Å²) in [7, 11) is 0. The number of aliphatic hydroxyl groups is 1. The minimum absolute atomic E-state index is 0.113. The number of nitrogens with zero attached hydrogens (tertiary/aromatic N) is 2. The third-order valence-electron chi connectivity index (χ3n) is 1.30. The van der Waals surface area contributed by atoms with Crippen LogP contribution in [-0.2, 0) is 6.54 Å². The van der Waals surface area contributed by atoms with Crippen molar-refractivity contribution in [3.63, 3.8) is 0 Å². The molecule has 0 amide bonds. The number of nitrogen functional groups attached to an aromatic ring is 1. The second-order valence-electron chi connectivity index (χ2n) is 2.30. The fraction of sp³-hybridized carbons (Fsp3) is 0.429. The molecule has 0 aliphatic carbocycles. The maximum atomic E-state index is 8.47. The summed E-state index contributed by atoms with van der Waals surface area (Å²) in [4.78, 5) is 7.94. The average Bonchev–Trinajstić information content (AvgIpc) is 2.05. The lowest BCUT2D eigenvalue weighted by atomic mass is 10.5. The molecule has 5 heteroatoms. The highest BCUT2D eigenvalue weighted by Gasteiger charge is 1.94. The quantitative estimate of drug-likeness (QED) is 0.509. The molecule has 0 aliphatic rings. The Morgan fingerprint density at radius 2 is 2.42 bits per heavy atom. The molecule has 0 radical (unpaired) electrons. The largest absolute Gasteiger partial charge is 0.395 e. The van der Waals surface area contributed by atoms with Crippen molar-refractivity contribution in [1.82, 2.24) is 15.3 Å². The normalized spacial score (nSPS) is 10.1. The first-order valence-corrected chi connectivity index (χ1v) is 3.72. The average molecular weight is 168 g/mol. The standard InChI is InChI=1S/C7H12N4O/c8-6-1-2-10-7(11-6)5-9-3-4-12/h1-2,9,12H,3-5H2,(H2,8,10,11). The molecule has 0 spiro atoms. The molecule has 0 saturated heterocycles. The van der Waals surface area contributed by atoms with Gasteiger partial charge in [0.05, 0.1) is 13.2 Å². The molecule has 66 valence electrons. The Hall–Kier alpha value is -1.20. The van der Waals surface area contributed by atoms with Crippen molar-refractivity contribution in [2.24, 2.45) is 0 Å². The van der Waals surface area contributed by atoms with Crippen molar-refractivity contribution in [2.45, 2.75) is 6.54 Å². The van der Waals surface area contributed by atoms with Crippen LogP contribution < -0.4 is 11.1 Å². The minimum Gasteiger partial charge on any atom is -0.395 e. The Morgan fingerprint density at radius 3 is 3.08 bits per heavy atom. The van der Waals surface area contributed by atoms with Crippen LogP contribution in [-0.4, -0.2) is 28.2 Å². The van der Waals surface area contributed by atoms with E-state index < -0.39 is 0 Å². The zero-order chi connectivity index (χ0) is 8.81. The lowest BCUT2D eigenvalue weighted by Crippen LogP contribution is -2.19. The van der Waals surface area contributed by atoms with Gasteiger partial charge in [-0.05, 0) is 6.07 Å². The van der Waals surface area contributed by atoms with Gasteiger partial charge in [-0.15, -0.1) is 0 Å². The molecule has 0 aromatic carbocycles. The number of anilines is 1. The summed E-state index contributed by atoms with van der Waals surface area (Å²) in [6.07, 6.45) is 1.61. The van der Waals surface area contributed by atoms with Gasteiger partial charge in [0, 0.05) is 12.7 Å². The van der Waals surface area contributed by atoms with Gasteiger partial charge in [-0.3, -0.25) is 0 Å². The van der Waals surface area contributed by atoms with Crippen molar-refractivity contribution in [1.29, 1.82) is 0 Å². The van der Waals surface area contributed by atoms with Gasteiger partial charge in [0.2, 0.25) is 0 Å². The Labute approximate surface area is 70.6 Å². The molecule has 0 aliphatic heterocycles. The Kier molecular flexibility index (Phi) is 3.43. The van der Waals surface area contributed by atoms with E-state index in [1.807, 2.05) is 0 Å². The van der Waals surface area contributed by atoms with Crippen molar-refractivity contribution in [3.8, 4) is 0 Å². The second-order valence-corrected chi connectivity index (χ2v) is 2.30. The van der Waals surface area contributed by atoms with Gasteiger partial charge in [0.15, 0.2) is 0 Å². The molecule has 1 heterocycles. The van der Waals surface area contributed by atoms with E-state index in [1.165, 1.54) is 0 Å². The first kappa shape index (κ1) is 8.89. The molecule has 0 saturated carbocycles. The summed E-state index contributed by atoms with van der Waals surface area (Å²) in [5, 5.41) is 11.4. The number of nitrogens with one attached hydrogen (secondary N) is 1. The second kappa shape index (κ2) is 4.63. The van der Waals surface area contributed by atoms with Gasteiger partial charge in [-0.2, -0.15) is 0 Å². The van der Waals surface area contributed by atoms with Gasteiger partial charge in [-0.1, -0.05) is 0 Å². The van der Waals surface area contributed by atoms with E-state index in [-0.39, 0.29) is 6.61 Å². The first-order chi connectivity index (χ1) is 5.83. The highest BCUT2D eigenvalue weighted by molar-refractivity contribution is 5.24. The molecule has 0 bridgehead atoms. The molecular formula is C7H12N4O. The molecule has 0 atom stereocenters. The van der Waals surface area contributed by atoms with Gasteiger partial charge >= 0.3 is 0 Å². The van der Waals surface area contributed by atoms with Crippen LogP contribution in [0.3, 0.4) is 0 Å². The zero-order valence-electron chi connectivity index (χ0n) is 6.70. The smallest absolute Gasteiger partial charge is 0.144 e. The fourth-order valence-electron chi connectivity index (χ4n) is 0.779. The highest BCUT2D eigenvalue weighted by atomic mass is 16.3. The van der Waals surface area contributed by atoms with Crippen molar-refractivity contribution in [3.05, 3.63) is 18.1 Å². The van der Waals surface area contributed by atoms with Crippen LogP contribution >= 0.6 is 0 Å². The number of rotatable bonds is 4. The molecule has 5 nitrogen and oxygen atoms in total. The van der Waals surface area contributed by atoms with E-state index in [0.29, 0.717) is 24.7 Å². The molecule has 1 rings (SSSR count). The Morgan fingerprint density at radius 1 is 1.58 bits per heavy atom. The number of nitrogens with two attached hydrogens (primary N) is 1. The van der Waals surface area contributed by atoms with E-state index in [1.54, 1.807) is 12.3 Å². The Bertz CT molecular complexity index is 241. The van der Waals surface area contributed by atoms with Crippen LogP contribution in [0.15, 0.2) is 12.3 Å². The van der Waals surface area contributed by atoms with E-state index in [2.05, 4.69) is 15.3 Å². The van der Waals surface area contributed by atoms with Crippen LogP contribution in [0, 0.1) is 0 Å². The highest BCUT2D eigenvalue weighted by Crippen LogP contribution is 1.94.